The lowest BCUT2D eigenvalue weighted by Crippen LogP contribution is -2.13. The van der Waals surface area contributed by atoms with Crippen LogP contribution in [0.25, 0.3) is 11.1 Å². The number of halogens is 2. The Hall–Kier alpha value is -1.96. The average molecular weight is 411 g/mol. The Bertz CT molecular complexity index is 829. The summed E-state index contributed by atoms with van der Waals surface area (Å²) >= 11 is 0. The van der Waals surface area contributed by atoms with Gasteiger partial charge in [0.25, 0.3) is 0 Å². The van der Waals surface area contributed by atoms with Gasteiger partial charge in [-0.2, -0.15) is 0 Å². The molecule has 30 heavy (non-hydrogen) atoms. The van der Waals surface area contributed by atoms with Gasteiger partial charge in [0.05, 0.1) is 0 Å². The SMILES string of the molecule is C/C=C/CCc1ccc(-c2ccc(C3CCC(CCCCC)CC3)cc2F)c(F)c1. The van der Waals surface area contributed by atoms with Crippen molar-refractivity contribution < 1.29 is 8.78 Å². The molecule has 2 heteroatoms. The Kier molecular flexibility index (Phi) is 8.66. The van der Waals surface area contributed by atoms with Crippen LogP contribution >= 0.6 is 0 Å². The van der Waals surface area contributed by atoms with Crippen molar-refractivity contribution in [1.29, 1.82) is 0 Å². The van der Waals surface area contributed by atoms with Crippen LogP contribution in [0.3, 0.4) is 0 Å². The number of hydrogen-bond donors (Lipinski definition) is 0. The molecule has 0 aliphatic heterocycles. The molecule has 1 saturated carbocycles. The summed E-state index contributed by atoms with van der Waals surface area (Å²) < 4.78 is 29.6. The summed E-state index contributed by atoms with van der Waals surface area (Å²) in [6.45, 7) is 4.23. The minimum Gasteiger partial charge on any atom is -0.206 e. The number of hydrogen-bond acceptors (Lipinski definition) is 0. The number of rotatable bonds is 9. The summed E-state index contributed by atoms with van der Waals surface area (Å²) in [5, 5.41) is 0. The topological polar surface area (TPSA) is 0 Å². The Balaban J connectivity index is 1.64. The van der Waals surface area contributed by atoms with Gasteiger partial charge in [0, 0.05) is 11.1 Å². The van der Waals surface area contributed by atoms with Crippen molar-refractivity contribution in [3.63, 3.8) is 0 Å². The third-order valence-electron chi connectivity index (χ3n) is 6.69. The van der Waals surface area contributed by atoms with Crippen molar-refractivity contribution in [2.45, 2.75) is 84.0 Å². The first kappa shape index (κ1) is 22.7. The third-order valence-corrected chi connectivity index (χ3v) is 6.69. The van der Waals surface area contributed by atoms with Gasteiger partial charge in [-0.05, 0) is 80.5 Å². The quantitative estimate of drug-likeness (QED) is 0.286. The van der Waals surface area contributed by atoms with Crippen LogP contribution in [0.15, 0.2) is 48.6 Å². The molecule has 0 aromatic heterocycles. The zero-order valence-corrected chi connectivity index (χ0v) is 18.6. The second-order valence-electron chi connectivity index (χ2n) is 8.87. The summed E-state index contributed by atoms with van der Waals surface area (Å²) in [7, 11) is 0. The van der Waals surface area contributed by atoms with Crippen LogP contribution in [0.4, 0.5) is 8.78 Å². The lowest BCUT2D eigenvalue weighted by atomic mass is 9.77. The van der Waals surface area contributed by atoms with Crippen LogP contribution in [0, 0.1) is 17.6 Å². The molecule has 1 aliphatic carbocycles. The molecule has 1 fully saturated rings. The maximum absolute atomic E-state index is 14.9. The fraction of sp³-hybridized carbons (Fsp3) is 0.500. The Morgan fingerprint density at radius 2 is 1.60 bits per heavy atom. The summed E-state index contributed by atoms with van der Waals surface area (Å²) in [6, 6.07) is 10.6. The highest BCUT2D eigenvalue weighted by Crippen LogP contribution is 2.39. The van der Waals surface area contributed by atoms with E-state index in [0.717, 1.165) is 42.7 Å². The first-order chi connectivity index (χ1) is 14.6. The van der Waals surface area contributed by atoms with E-state index >= 15 is 0 Å². The van der Waals surface area contributed by atoms with E-state index in [4.69, 9.17) is 0 Å². The van der Waals surface area contributed by atoms with Gasteiger partial charge < -0.3 is 0 Å². The molecular weight excluding hydrogens is 374 g/mol. The number of unbranched alkanes of at least 4 members (excludes halogenated alkanes) is 2. The fourth-order valence-corrected chi connectivity index (χ4v) is 4.82. The molecule has 0 N–H and O–H groups in total. The molecule has 2 aromatic carbocycles. The zero-order valence-electron chi connectivity index (χ0n) is 18.6. The van der Waals surface area contributed by atoms with E-state index in [0.29, 0.717) is 17.0 Å². The molecule has 1 aliphatic rings. The van der Waals surface area contributed by atoms with Crippen molar-refractivity contribution in [2.75, 3.05) is 0 Å². The van der Waals surface area contributed by atoms with Crippen LogP contribution in [0.1, 0.15) is 88.7 Å². The van der Waals surface area contributed by atoms with Crippen molar-refractivity contribution in [2.24, 2.45) is 5.92 Å². The van der Waals surface area contributed by atoms with Crippen LogP contribution < -0.4 is 0 Å². The highest BCUT2D eigenvalue weighted by atomic mass is 19.1. The highest BCUT2D eigenvalue weighted by Gasteiger charge is 2.23. The molecule has 0 heterocycles. The molecule has 0 radical (unpaired) electrons. The van der Waals surface area contributed by atoms with Gasteiger partial charge in [0.2, 0.25) is 0 Å². The van der Waals surface area contributed by atoms with Gasteiger partial charge in [-0.3, -0.25) is 0 Å². The lowest BCUT2D eigenvalue weighted by molar-refractivity contribution is 0.302. The highest BCUT2D eigenvalue weighted by molar-refractivity contribution is 5.65. The summed E-state index contributed by atoms with van der Waals surface area (Å²) in [6.07, 6.45) is 15.8. The van der Waals surface area contributed by atoms with Gasteiger partial charge >= 0.3 is 0 Å². The average Bonchev–Trinajstić information content (AvgIpc) is 2.75. The van der Waals surface area contributed by atoms with Gasteiger partial charge in [-0.15, -0.1) is 0 Å². The van der Waals surface area contributed by atoms with Crippen LogP contribution in [0.5, 0.6) is 0 Å². The molecule has 0 atom stereocenters. The molecule has 0 bridgehead atoms. The molecule has 0 nitrogen and oxygen atoms in total. The van der Waals surface area contributed by atoms with E-state index < -0.39 is 0 Å². The van der Waals surface area contributed by atoms with Crippen molar-refractivity contribution >= 4 is 0 Å². The minimum absolute atomic E-state index is 0.307. The number of allylic oxidation sites excluding steroid dienone is 2. The van der Waals surface area contributed by atoms with E-state index in [2.05, 4.69) is 13.0 Å². The molecule has 0 amide bonds. The molecule has 0 unspecified atom stereocenters. The number of benzene rings is 2. The monoisotopic (exact) mass is 410 g/mol. The van der Waals surface area contributed by atoms with E-state index in [-0.39, 0.29) is 11.6 Å². The summed E-state index contributed by atoms with van der Waals surface area (Å²) in [5.41, 5.74) is 2.74. The predicted molar refractivity (Wildman–Crippen MR) is 124 cm³/mol. The second-order valence-corrected chi connectivity index (χ2v) is 8.87. The van der Waals surface area contributed by atoms with Crippen molar-refractivity contribution in [3.05, 3.63) is 71.3 Å². The standard InChI is InChI=1S/C28H36F2/c1-3-5-7-9-21-11-14-23(15-12-21)24-16-18-26(28(30)20-24)25-17-13-22(19-27(25)29)10-8-6-4-2/h4,6,13,16-21,23H,3,5,7-12,14-15H2,1-2H3/b6-4+. The predicted octanol–water partition coefficient (Wildman–Crippen LogP) is 8.99. The molecule has 2 aromatic rings. The lowest BCUT2D eigenvalue weighted by Gasteiger charge is -2.29. The summed E-state index contributed by atoms with van der Waals surface area (Å²) in [4.78, 5) is 0. The Morgan fingerprint density at radius 1 is 0.900 bits per heavy atom. The van der Waals surface area contributed by atoms with E-state index in [1.165, 1.54) is 38.5 Å². The molecule has 162 valence electrons. The molecule has 0 spiro atoms. The Morgan fingerprint density at radius 3 is 2.23 bits per heavy atom. The minimum atomic E-state index is -0.341. The van der Waals surface area contributed by atoms with E-state index in [9.17, 15) is 8.78 Å². The first-order valence-electron chi connectivity index (χ1n) is 11.8. The zero-order chi connectivity index (χ0) is 21.3. The number of aryl methyl sites for hydroxylation is 1. The third kappa shape index (κ3) is 6.03. The normalized spacial score (nSPS) is 19.5. The van der Waals surface area contributed by atoms with Crippen LogP contribution in [0.2, 0.25) is 0 Å². The fourth-order valence-electron chi connectivity index (χ4n) is 4.82. The van der Waals surface area contributed by atoms with Crippen molar-refractivity contribution in [3.8, 4) is 11.1 Å². The maximum Gasteiger partial charge on any atom is 0.131 e. The molecule has 0 saturated heterocycles. The van der Waals surface area contributed by atoms with E-state index in [1.807, 2.05) is 25.1 Å². The smallest absolute Gasteiger partial charge is 0.131 e. The van der Waals surface area contributed by atoms with Crippen LogP contribution in [-0.2, 0) is 6.42 Å². The van der Waals surface area contributed by atoms with Gasteiger partial charge in [-0.1, -0.05) is 69.0 Å². The Labute approximate surface area is 181 Å². The van der Waals surface area contributed by atoms with Gasteiger partial charge in [0.15, 0.2) is 0 Å². The van der Waals surface area contributed by atoms with E-state index in [1.54, 1.807) is 24.3 Å². The first-order valence-corrected chi connectivity index (χ1v) is 11.8. The molecule has 3 rings (SSSR count). The van der Waals surface area contributed by atoms with Crippen molar-refractivity contribution in [1.82, 2.24) is 0 Å². The largest absolute Gasteiger partial charge is 0.206 e. The maximum atomic E-state index is 14.9. The second kappa shape index (κ2) is 11.4. The van der Waals surface area contributed by atoms with Gasteiger partial charge in [0.1, 0.15) is 11.6 Å². The van der Waals surface area contributed by atoms with Gasteiger partial charge in [-0.25, -0.2) is 8.78 Å². The summed E-state index contributed by atoms with van der Waals surface area (Å²) in [5.74, 6) is 0.637. The molecular formula is C28H36F2. The van der Waals surface area contributed by atoms with Crippen LogP contribution in [-0.4, -0.2) is 0 Å².